The number of hydrogen-bond donors (Lipinski definition) is 0. The predicted molar refractivity (Wildman–Crippen MR) is 41.2 cm³/mol. The Labute approximate surface area is 66.1 Å². The first-order chi connectivity index (χ1) is 4.63. The molecule has 1 fully saturated rings. The van der Waals surface area contributed by atoms with Gasteiger partial charge in [-0.05, 0) is 37.3 Å². The third-order valence-electron chi connectivity index (χ3n) is 2.19. The van der Waals surface area contributed by atoms with Gasteiger partial charge in [-0.2, -0.15) is 0 Å². The van der Waals surface area contributed by atoms with E-state index >= 15 is 0 Å². The maximum absolute atomic E-state index is 10.6. The minimum atomic E-state index is -0.348. The Morgan fingerprint density at radius 3 is 2.50 bits per heavy atom. The maximum Gasteiger partial charge on any atom is 0.316 e. The molecule has 1 saturated carbocycles. The van der Waals surface area contributed by atoms with Crippen LogP contribution in [0.25, 0.3) is 0 Å². The quantitative estimate of drug-likeness (QED) is 0.449. The van der Waals surface area contributed by atoms with E-state index < -0.39 is 0 Å². The van der Waals surface area contributed by atoms with Gasteiger partial charge in [-0.25, -0.2) is 0 Å². The van der Waals surface area contributed by atoms with E-state index in [1.54, 1.807) is 11.9 Å². The average Bonchev–Trinajstić information content (AvgIpc) is 2.65. The largest absolute Gasteiger partial charge is 0.329 e. The fourth-order valence-corrected chi connectivity index (χ4v) is 1.21. The summed E-state index contributed by atoms with van der Waals surface area (Å²) < 4.78 is 0. The van der Waals surface area contributed by atoms with Crippen LogP contribution in [0.15, 0.2) is 0 Å². The van der Waals surface area contributed by atoms with Gasteiger partial charge in [0.2, 0.25) is 0 Å². The zero-order valence-corrected chi connectivity index (χ0v) is 7.06. The molecule has 0 aliphatic heterocycles. The lowest BCUT2D eigenvalue weighted by molar-refractivity contribution is 0.212. The average molecular weight is 162 g/mol. The molecule has 1 atom stereocenters. The van der Waals surface area contributed by atoms with Gasteiger partial charge in [-0.3, -0.25) is 4.79 Å². The van der Waals surface area contributed by atoms with Crippen LogP contribution in [-0.2, 0) is 0 Å². The molecule has 0 N–H and O–H groups in total. The van der Waals surface area contributed by atoms with Crippen LogP contribution in [0.2, 0.25) is 0 Å². The Kier molecular flexibility index (Phi) is 2.19. The number of rotatable bonds is 2. The Morgan fingerprint density at radius 2 is 2.20 bits per heavy atom. The molecule has 0 aromatic rings. The molecular weight excluding hydrogens is 150 g/mol. The number of nitrogens with zero attached hydrogens (tertiary/aromatic N) is 1. The second-order valence-electron chi connectivity index (χ2n) is 2.94. The van der Waals surface area contributed by atoms with Crippen molar-refractivity contribution in [3.05, 3.63) is 0 Å². The first-order valence-electron chi connectivity index (χ1n) is 3.55. The third kappa shape index (κ3) is 1.63. The van der Waals surface area contributed by atoms with Crippen molar-refractivity contribution >= 4 is 17.0 Å². The molecule has 1 rings (SSSR count). The minimum Gasteiger partial charge on any atom is -0.329 e. The van der Waals surface area contributed by atoms with Gasteiger partial charge in [-0.15, -0.1) is 0 Å². The number of carbonyl (C=O) groups excluding carboxylic acids is 1. The Morgan fingerprint density at radius 1 is 1.70 bits per heavy atom. The van der Waals surface area contributed by atoms with Crippen molar-refractivity contribution in [3.63, 3.8) is 0 Å². The van der Waals surface area contributed by atoms with Gasteiger partial charge in [0.25, 0.3) is 0 Å². The van der Waals surface area contributed by atoms with Crippen LogP contribution in [-0.4, -0.2) is 23.4 Å². The van der Waals surface area contributed by atoms with E-state index in [1.165, 1.54) is 12.8 Å². The van der Waals surface area contributed by atoms with Gasteiger partial charge < -0.3 is 4.90 Å². The van der Waals surface area contributed by atoms with Crippen LogP contribution in [0.4, 0.5) is 4.79 Å². The second kappa shape index (κ2) is 2.79. The number of halogens is 1. The summed E-state index contributed by atoms with van der Waals surface area (Å²) >= 11 is 5.28. The van der Waals surface area contributed by atoms with E-state index in [-0.39, 0.29) is 5.37 Å². The van der Waals surface area contributed by atoms with Gasteiger partial charge in [-0.1, -0.05) is 0 Å². The summed E-state index contributed by atoms with van der Waals surface area (Å²) in [6.07, 6.45) is 2.49. The summed E-state index contributed by atoms with van der Waals surface area (Å²) in [6.45, 7) is 2.04. The van der Waals surface area contributed by atoms with E-state index in [4.69, 9.17) is 11.6 Å². The number of amides is 1. The van der Waals surface area contributed by atoms with Gasteiger partial charge in [0.1, 0.15) is 0 Å². The summed E-state index contributed by atoms with van der Waals surface area (Å²) in [5.41, 5.74) is 0. The summed E-state index contributed by atoms with van der Waals surface area (Å²) in [6, 6.07) is 0.324. The molecule has 0 heterocycles. The molecule has 10 heavy (non-hydrogen) atoms. The van der Waals surface area contributed by atoms with Crippen LogP contribution in [0.5, 0.6) is 0 Å². The summed E-state index contributed by atoms with van der Waals surface area (Å²) in [4.78, 5) is 12.2. The molecule has 0 aromatic carbocycles. The lowest BCUT2D eigenvalue weighted by atomic mass is 10.2. The highest BCUT2D eigenvalue weighted by atomic mass is 35.5. The van der Waals surface area contributed by atoms with Crippen LogP contribution < -0.4 is 0 Å². The highest BCUT2D eigenvalue weighted by Crippen LogP contribution is 2.34. The maximum atomic E-state index is 10.6. The van der Waals surface area contributed by atoms with E-state index in [1.807, 2.05) is 6.92 Å². The fraction of sp³-hybridized carbons (Fsp3) is 0.857. The van der Waals surface area contributed by atoms with Crippen LogP contribution in [0, 0.1) is 5.92 Å². The van der Waals surface area contributed by atoms with Crippen molar-refractivity contribution in [2.75, 3.05) is 7.05 Å². The number of hydrogen-bond acceptors (Lipinski definition) is 1. The molecule has 1 aliphatic carbocycles. The normalized spacial score (nSPS) is 20.3. The van der Waals surface area contributed by atoms with E-state index in [2.05, 4.69) is 0 Å². The van der Waals surface area contributed by atoms with E-state index in [0.29, 0.717) is 12.0 Å². The Hall–Kier alpha value is -0.240. The molecule has 0 radical (unpaired) electrons. The fourth-order valence-electron chi connectivity index (χ4n) is 1.05. The van der Waals surface area contributed by atoms with Crippen molar-refractivity contribution in [2.45, 2.75) is 25.8 Å². The topological polar surface area (TPSA) is 20.3 Å². The molecule has 1 amide bonds. The van der Waals surface area contributed by atoms with Crippen molar-refractivity contribution < 1.29 is 4.79 Å². The van der Waals surface area contributed by atoms with Crippen molar-refractivity contribution in [3.8, 4) is 0 Å². The summed E-state index contributed by atoms with van der Waals surface area (Å²) in [5.74, 6) is 0.702. The zero-order chi connectivity index (χ0) is 7.72. The van der Waals surface area contributed by atoms with Crippen LogP contribution in [0.1, 0.15) is 19.8 Å². The molecule has 0 aromatic heterocycles. The zero-order valence-electron chi connectivity index (χ0n) is 6.30. The molecule has 1 aliphatic rings. The lowest BCUT2D eigenvalue weighted by Gasteiger charge is -2.21. The molecule has 3 heteroatoms. The lowest BCUT2D eigenvalue weighted by Crippen LogP contribution is -2.32. The Balaban J connectivity index is 2.38. The molecular formula is C7H12ClNO. The molecule has 0 spiro atoms. The minimum absolute atomic E-state index is 0.324. The van der Waals surface area contributed by atoms with E-state index in [0.717, 1.165) is 0 Å². The van der Waals surface area contributed by atoms with Gasteiger partial charge in [0.15, 0.2) is 0 Å². The molecule has 0 bridgehead atoms. The highest BCUT2D eigenvalue weighted by Gasteiger charge is 2.31. The molecule has 58 valence electrons. The molecule has 0 saturated heterocycles. The summed E-state index contributed by atoms with van der Waals surface area (Å²) in [5, 5.41) is -0.348. The van der Waals surface area contributed by atoms with Crippen molar-refractivity contribution in [1.29, 1.82) is 0 Å². The highest BCUT2D eigenvalue weighted by molar-refractivity contribution is 6.62. The van der Waals surface area contributed by atoms with E-state index in [9.17, 15) is 4.79 Å². The predicted octanol–water partition coefficient (Wildman–Crippen LogP) is 2.08. The summed E-state index contributed by atoms with van der Waals surface area (Å²) in [7, 11) is 1.75. The van der Waals surface area contributed by atoms with Gasteiger partial charge in [0, 0.05) is 13.1 Å². The van der Waals surface area contributed by atoms with Crippen LogP contribution in [0.3, 0.4) is 0 Å². The first-order valence-corrected chi connectivity index (χ1v) is 3.93. The monoisotopic (exact) mass is 161 g/mol. The van der Waals surface area contributed by atoms with Crippen molar-refractivity contribution in [2.24, 2.45) is 5.92 Å². The standard InChI is InChI=1S/C7H12ClNO/c1-5(6-3-4-6)9(2)7(8)10/h5-6H,3-4H2,1-2H3. The first kappa shape index (κ1) is 7.86. The SMILES string of the molecule is CC(C1CC1)N(C)C(=O)Cl. The third-order valence-corrected chi connectivity index (χ3v) is 2.46. The smallest absolute Gasteiger partial charge is 0.316 e. The van der Waals surface area contributed by atoms with Crippen LogP contribution >= 0.6 is 11.6 Å². The van der Waals surface area contributed by atoms with Crippen molar-refractivity contribution in [1.82, 2.24) is 4.90 Å². The molecule has 1 unspecified atom stereocenters. The Bertz CT molecular complexity index is 145. The second-order valence-corrected chi connectivity index (χ2v) is 3.27. The molecule has 2 nitrogen and oxygen atoms in total. The number of carbonyl (C=O) groups is 1. The van der Waals surface area contributed by atoms with Gasteiger partial charge >= 0.3 is 5.37 Å². The van der Waals surface area contributed by atoms with Gasteiger partial charge in [0.05, 0.1) is 0 Å².